The second kappa shape index (κ2) is 8.49. The molecule has 6 nitrogen and oxygen atoms in total. The molecule has 0 saturated heterocycles. The molecule has 0 unspecified atom stereocenters. The van der Waals surface area contributed by atoms with Gasteiger partial charge in [-0.3, -0.25) is 19.3 Å². The van der Waals surface area contributed by atoms with E-state index >= 15 is 0 Å². The zero-order valence-corrected chi connectivity index (χ0v) is 15.5. The molecule has 0 atom stereocenters. The van der Waals surface area contributed by atoms with Gasteiger partial charge in [-0.2, -0.15) is 0 Å². The van der Waals surface area contributed by atoms with Gasteiger partial charge in [-0.15, -0.1) is 0 Å². The highest BCUT2D eigenvalue weighted by Gasteiger charge is 2.20. The SMILES string of the molecule is COc1ccc(Cl)cc1N(CC(=O)Nc1cccc(C(C)=O)c1)C(C)=O. The van der Waals surface area contributed by atoms with Crippen LogP contribution in [0, 0.1) is 0 Å². The van der Waals surface area contributed by atoms with Crippen molar-refractivity contribution in [1.82, 2.24) is 0 Å². The van der Waals surface area contributed by atoms with Gasteiger partial charge in [0.05, 0.1) is 12.8 Å². The number of Topliss-reactive ketones (excluding diaryl/α,β-unsaturated/α-hetero) is 1. The van der Waals surface area contributed by atoms with Gasteiger partial charge in [0, 0.05) is 23.2 Å². The Morgan fingerprint density at radius 1 is 1.12 bits per heavy atom. The van der Waals surface area contributed by atoms with Gasteiger partial charge >= 0.3 is 0 Å². The van der Waals surface area contributed by atoms with Crippen molar-refractivity contribution in [3.05, 3.63) is 53.1 Å². The summed E-state index contributed by atoms with van der Waals surface area (Å²) < 4.78 is 5.25. The van der Waals surface area contributed by atoms with E-state index in [2.05, 4.69) is 5.32 Å². The fourth-order valence-electron chi connectivity index (χ4n) is 2.40. The number of hydrogen-bond donors (Lipinski definition) is 1. The number of nitrogens with one attached hydrogen (secondary N) is 1. The van der Waals surface area contributed by atoms with Gasteiger partial charge in [0.1, 0.15) is 12.3 Å². The van der Waals surface area contributed by atoms with Crippen molar-refractivity contribution >= 4 is 40.6 Å². The predicted molar refractivity (Wildman–Crippen MR) is 101 cm³/mol. The number of benzene rings is 2. The van der Waals surface area contributed by atoms with Crippen LogP contribution in [0.25, 0.3) is 0 Å². The minimum Gasteiger partial charge on any atom is -0.495 e. The quantitative estimate of drug-likeness (QED) is 0.784. The predicted octanol–water partition coefficient (Wildman–Crippen LogP) is 3.54. The second-order valence-corrected chi connectivity index (χ2v) is 6.04. The molecule has 0 saturated carbocycles. The number of nitrogens with zero attached hydrogens (tertiary/aromatic N) is 1. The average Bonchev–Trinajstić information content (AvgIpc) is 2.59. The number of carbonyl (C=O) groups excluding carboxylic acids is 3. The van der Waals surface area contributed by atoms with Crippen LogP contribution >= 0.6 is 11.6 Å². The van der Waals surface area contributed by atoms with E-state index in [0.717, 1.165) is 0 Å². The molecule has 0 heterocycles. The standard InChI is InChI=1S/C19H19ClN2O4/c1-12(23)14-5-4-6-16(9-14)21-19(25)11-22(13(2)24)17-10-15(20)7-8-18(17)26-3/h4-10H,11H2,1-3H3,(H,21,25). The molecule has 2 rings (SSSR count). The van der Waals surface area contributed by atoms with Crippen LogP contribution in [0.5, 0.6) is 5.75 Å². The molecule has 0 aromatic heterocycles. The number of hydrogen-bond acceptors (Lipinski definition) is 4. The lowest BCUT2D eigenvalue weighted by Crippen LogP contribution is -2.37. The second-order valence-electron chi connectivity index (χ2n) is 5.61. The van der Waals surface area contributed by atoms with Gasteiger partial charge in [0.2, 0.25) is 11.8 Å². The third kappa shape index (κ3) is 4.83. The van der Waals surface area contributed by atoms with Crippen LogP contribution in [-0.2, 0) is 9.59 Å². The zero-order valence-electron chi connectivity index (χ0n) is 14.7. The summed E-state index contributed by atoms with van der Waals surface area (Å²) in [4.78, 5) is 37.2. The van der Waals surface area contributed by atoms with Gasteiger partial charge in [-0.1, -0.05) is 23.7 Å². The van der Waals surface area contributed by atoms with Crippen LogP contribution in [0.4, 0.5) is 11.4 Å². The van der Waals surface area contributed by atoms with Crippen molar-refractivity contribution in [1.29, 1.82) is 0 Å². The van der Waals surface area contributed by atoms with Gasteiger partial charge < -0.3 is 10.1 Å². The number of methoxy groups -OCH3 is 1. The highest BCUT2D eigenvalue weighted by atomic mass is 35.5. The van der Waals surface area contributed by atoms with E-state index in [-0.39, 0.29) is 18.2 Å². The van der Waals surface area contributed by atoms with Crippen molar-refractivity contribution in [3.63, 3.8) is 0 Å². The maximum atomic E-state index is 12.4. The minimum atomic E-state index is -0.414. The first-order chi connectivity index (χ1) is 12.3. The lowest BCUT2D eigenvalue weighted by Gasteiger charge is -2.23. The summed E-state index contributed by atoms with van der Waals surface area (Å²) in [5, 5.41) is 3.10. The summed E-state index contributed by atoms with van der Waals surface area (Å²) in [6, 6.07) is 11.4. The fourth-order valence-corrected chi connectivity index (χ4v) is 2.57. The van der Waals surface area contributed by atoms with Crippen LogP contribution in [0.1, 0.15) is 24.2 Å². The first-order valence-corrected chi connectivity index (χ1v) is 8.22. The van der Waals surface area contributed by atoms with Crippen LogP contribution in [0.3, 0.4) is 0 Å². The Morgan fingerprint density at radius 3 is 2.46 bits per heavy atom. The van der Waals surface area contributed by atoms with E-state index in [4.69, 9.17) is 16.3 Å². The molecule has 0 aliphatic heterocycles. The number of anilines is 2. The Bertz CT molecular complexity index is 851. The monoisotopic (exact) mass is 374 g/mol. The summed E-state index contributed by atoms with van der Waals surface area (Å²) >= 11 is 6.01. The van der Waals surface area contributed by atoms with Gasteiger partial charge in [-0.05, 0) is 37.3 Å². The summed E-state index contributed by atoms with van der Waals surface area (Å²) in [7, 11) is 1.47. The first kappa shape index (κ1) is 19.5. The molecule has 0 aliphatic rings. The highest BCUT2D eigenvalue weighted by molar-refractivity contribution is 6.31. The summed E-state index contributed by atoms with van der Waals surface area (Å²) in [6.07, 6.45) is 0. The number of rotatable bonds is 6. The molecule has 26 heavy (non-hydrogen) atoms. The molecule has 2 aromatic carbocycles. The molecule has 2 aromatic rings. The molecule has 0 aliphatic carbocycles. The highest BCUT2D eigenvalue weighted by Crippen LogP contribution is 2.31. The molecule has 136 valence electrons. The Morgan fingerprint density at radius 2 is 1.85 bits per heavy atom. The average molecular weight is 375 g/mol. The molecular formula is C19H19ClN2O4. The molecular weight excluding hydrogens is 356 g/mol. The smallest absolute Gasteiger partial charge is 0.244 e. The lowest BCUT2D eigenvalue weighted by molar-refractivity contribution is -0.120. The van der Waals surface area contributed by atoms with E-state index in [1.54, 1.807) is 42.5 Å². The van der Waals surface area contributed by atoms with E-state index in [1.807, 2.05) is 0 Å². The number of ketones is 1. The Hall–Kier alpha value is -2.86. The summed E-state index contributed by atoms with van der Waals surface area (Å²) in [5.74, 6) is -0.424. The normalized spacial score (nSPS) is 10.2. The maximum absolute atomic E-state index is 12.4. The largest absolute Gasteiger partial charge is 0.495 e. The van der Waals surface area contributed by atoms with Crippen LogP contribution in [0.15, 0.2) is 42.5 Å². The lowest BCUT2D eigenvalue weighted by atomic mass is 10.1. The van der Waals surface area contributed by atoms with Crippen LogP contribution in [0.2, 0.25) is 5.02 Å². The minimum absolute atomic E-state index is 0.102. The van der Waals surface area contributed by atoms with E-state index in [1.165, 1.54) is 25.9 Å². The first-order valence-electron chi connectivity index (χ1n) is 7.84. The Labute approximate surface area is 156 Å². The zero-order chi connectivity index (χ0) is 19.3. The van der Waals surface area contributed by atoms with Crippen molar-refractivity contribution in [2.45, 2.75) is 13.8 Å². The number of amides is 2. The number of carbonyl (C=O) groups is 3. The maximum Gasteiger partial charge on any atom is 0.244 e. The molecule has 2 amide bonds. The Kier molecular flexibility index (Phi) is 6.36. The van der Waals surface area contributed by atoms with Gasteiger partial charge in [-0.25, -0.2) is 0 Å². The fraction of sp³-hybridized carbons (Fsp3) is 0.211. The molecule has 0 spiro atoms. The van der Waals surface area contributed by atoms with E-state index in [0.29, 0.717) is 27.7 Å². The molecule has 0 radical (unpaired) electrons. The van der Waals surface area contributed by atoms with E-state index in [9.17, 15) is 14.4 Å². The van der Waals surface area contributed by atoms with Crippen molar-refractivity contribution < 1.29 is 19.1 Å². The third-order valence-corrected chi connectivity index (χ3v) is 3.90. The number of ether oxygens (including phenoxy) is 1. The Balaban J connectivity index is 2.22. The number of halogens is 1. The van der Waals surface area contributed by atoms with Crippen molar-refractivity contribution in [3.8, 4) is 5.75 Å². The third-order valence-electron chi connectivity index (χ3n) is 3.67. The molecule has 0 bridgehead atoms. The molecule has 1 N–H and O–H groups in total. The van der Waals surface area contributed by atoms with Crippen molar-refractivity contribution in [2.24, 2.45) is 0 Å². The van der Waals surface area contributed by atoms with Crippen LogP contribution < -0.4 is 15.0 Å². The van der Waals surface area contributed by atoms with Gasteiger partial charge in [0.15, 0.2) is 5.78 Å². The van der Waals surface area contributed by atoms with E-state index < -0.39 is 5.91 Å². The molecule has 7 heteroatoms. The van der Waals surface area contributed by atoms with Gasteiger partial charge in [0.25, 0.3) is 0 Å². The topological polar surface area (TPSA) is 75.7 Å². The van der Waals surface area contributed by atoms with Crippen molar-refractivity contribution in [2.75, 3.05) is 23.9 Å². The molecule has 0 fully saturated rings. The van der Waals surface area contributed by atoms with Crippen LogP contribution in [-0.4, -0.2) is 31.3 Å². The summed E-state index contributed by atoms with van der Waals surface area (Å²) in [5.41, 5.74) is 1.37. The summed E-state index contributed by atoms with van der Waals surface area (Å²) in [6.45, 7) is 2.57.